The summed E-state index contributed by atoms with van der Waals surface area (Å²) in [5.74, 6) is -3.08. The molecule has 0 aromatic heterocycles. The first-order chi connectivity index (χ1) is 19.6. The Labute approximate surface area is 241 Å². The maximum atomic E-state index is 13.3. The average molecular weight is 610 g/mol. The van der Waals surface area contributed by atoms with E-state index in [0.29, 0.717) is 37.4 Å². The number of nitrogens with one attached hydrogen (secondary N) is 1. The number of carbonyl (C=O) groups is 2. The highest BCUT2D eigenvalue weighted by atomic mass is 32.2. The number of rotatable bonds is 7. The molecule has 0 bridgehead atoms. The maximum Gasteiger partial charge on any atom is 0.490 e. The molecule has 0 radical (unpaired) electrons. The molecule has 0 spiro atoms. The molecule has 1 fully saturated rings. The lowest BCUT2D eigenvalue weighted by atomic mass is 10.1. The molecule has 14 heteroatoms. The van der Waals surface area contributed by atoms with E-state index in [1.165, 1.54) is 12.1 Å². The predicted octanol–water partition coefficient (Wildman–Crippen LogP) is 4.77. The number of halogens is 3. The molecule has 0 saturated carbocycles. The van der Waals surface area contributed by atoms with Crippen molar-refractivity contribution in [3.05, 3.63) is 77.4 Å². The molecule has 0 amide bonds. The zero-order chi connectivity index (χ0) is 31.2. The number of carboxylic acid groups (broad SMARTS) is 2. The zero-order valence-electron chi connectivity index (χ0n) is 23.0. The van der Waals surface area contributed by atoms with Crippen LogP contribution in [0.15, 0.2) is 65.6 Å². The highest BCUT2D eigenvalue weighted by Crippen LogP contribution is 2.33. The van der Waals surface area contributed by atoms with Gasteiger partial charge in [0.15, 0.2) is 0 Å². The molecule has 1 aliphatic heterocycles. The Balaban J connectivity index is 0.000000616. The minimum atomic E-state index is -5.08. The summed E-state index contributed by atoms with van der Waals surface area (Å²) in [6, 6.07) is 17.6. The van der Waals surface area contributed by atoms with E-state index >= 15 is 0 Å². The second kappa shape index (κ2) is 13.0. The van der Waals surface area contributed by atoms with Crippen LogP contribution < -0.4 is 19.3 Å². The van der Waals surface area contributed by atoms with Crippen LogP contribution in [0.25, 0.3) is 0 Å². The summed E-state index contributed by atoms with van der Waals surface area (Å²) < 4.78 is 66.5. The van der Waals surface area contributed by atoms with E-state index in [-0.39, 0.29) is 16.1 Å². The Morgan fingerprint density at radius 2 is 1.45 bits per heavy atom. The fraction of sp³-hybridized carbons (Fsp3) is 0.286. The van der Waals surface area contributed by atoms with Crippen LogP contribution in [0.1, 0.15) is 21.5 Å². The number of para-hydroxylation sites is 2. The van der Waals surface area contributed by atoms with Gasteiger partial charge < -0.3 is 24.7 Å². The van der Waals surface area contributed by atoms with Gasteiger partial charge in [0.25, 0.3) is 10.0 Å². The van der Waals surface area contributed by atoms with Gasteiger partial charge in [0, 0.05) is 26.2 Å². The van der Waals surface area contributed by atoms with Crippen molar-refractivity contribution >= 4 is 39.0 Å². The van der Waals surface area contributed by atoms with Crippen molar-refractivity contribution in [1.29, 1.82) is 0 Å². The molecule has 1 saturated heterocycles. The van der Waals surface area contributed by atoms with Crippen LogP contribution >= 0.6 is 0 Å². The van der Waals surface area contributed by atoms with Crippen LogP contribution in [0.5, 0.6) is 5.75 Å². The van der Waals surface area contributed by atoms with Crippen LogP contribution in [0.2, 0.25) is 0 Å². The van der Waals surface area contributed by atoms with E-state index in [9.17, 15) is 31.5 Å². The lowest BCUT2D eigenvalue weighted by Crippen LogP contribution is -2.46. The largest absolute Gasteiger partial charge is 0.495 e. The topological polar surface area (TPSA) is 136 Å². The molecule has 0 aliphatic carbocycles. The minimum absolute atomic E-state index is 0.0140. The Kier molecular flexibility index (Phi) is 9.94. The number of carboxylic acids is 2. The number of piperazine rings is 1. The molecule has 4 rings (SSSR count). The summed E-state index contributed by atoms with van der Waals surface area (Å²) in [4.78, 5) is 25.0. The van der Waals surface area contributed by atoms with Gasteiger partial charge in [0.2, 0.25) is 0 Å². The third-order valence-corrected chi connectivity index (χ3v) is 7.92. The van der Waals surface area contributed by atoms with Crippen molar-refractivity contribution in [3.8, 4) is 5.75 Å². The molecule has 1 heterocycles. The first-order valence-corrected chi connectivity index (χ1v) is 14.0. The lowest BCUT2D eigenvalue weighted by molar-refractivity contribution is -0.192. The Morgan fingerprint density at radius 1 is 0.881 bits per heavy atom. The van der Waals surface area contributed by atoms with Gasteiger partial charge in [-0.25, -0.2) is 18.0 Å². The van der Waals surface area contributed by atoms with Crippen LogP contribution in [0.4, 0.5) is 30.2 Å². The normalized spacial score (nSPS) is 13.6. The third-order valence-electron chi connectivity index (χ3n) is 6.41. The molecule has 0 atom stereocenters. The average Bonchev–Trinajstić information content (AvgIpc) is 2.94. The third kappa shape index (κ3) is 7.84. The van der Waals surface area contributed by atoms with E-state index in [2.05, 4.69) is 14.5 Å². The van der Waals surface area contributed by atoms with Gasteiger partial charge in [-0.05, 0) is 61.4 Å². The molecule has 3 aromatic rings. The van der Waals surface area contributed by atoms with Gasteiger partial charge in [-0.15, -0.1) is 0 Å². The number of aromatic carboxylic acids is 1. The van der Waals surface area contributed by atoms with Gasteiger partial charge in [-0.3, -0.25) is 4.72 Å². The zero-order valence-corrected chi connectivity index (χ0v) is 23.8. The van der Waals surface area contributed by atoms with E-state index in [4.69, 9.17) is 14.6 Å². The van der Waals surface area contributed by atoms with E-state index in [1.807, 2.05) is 37.3 Å². The van der Waals surface area contributed by atoms with Crippen LogP contribution in [-0.2, 0) is 14.8 Å². The van der Waals surface area contributed by atoms with Crippen molar-refractivity contribution in [1.82, 2.24) is 0 Å². The molecule has 3 aromatic carbocycles. The number of hydrogen-bond acceptors (Lipinski definition) is 7. The van der Waals surface area contributed by atoms with Crippen molar-refractivity contribution in [2.45, 2.75) is 24.9 Å². The second-order valence-corrected chi connectivity index (χ2v) is 11.0. The number of methoxy groups -OCH3 is 1. The summed E-state index contributed by atoms with van der Waals surface area (Å²) in [5.41, 5.74) is 3.35. The summed E-state index contributed by atoms with van der Waals surface area (Å²) in [7, 11) is -2.28. The molecule has 0 unspecified atom stereocenters. The summed E-state index contributed by atoms with van der Waals surface area (Å²) in [6.45, 7) is 6.22. The number of ether oxygens (including phenoxy) is 1. The van der Waals surface area contributed by atoms with Crippen LogP contribution in [-0.4, -0.2) is 70.0 Å². The van der Waals surface area contributed by atoms with Crippen molar-refractivity contribution in [2.75, 3.05) is 47.8 Å². The van der Waals surface area contributed by atoms with Crippen molar-refractivity contribution < 1.29 is 46.1 Å². The number of anilines is 3. The summed E-state index contributed by atoms with van der Waals surface area (Å²) >= 11 is 0. The minimum Gasteiger partial charge on any atom is -0.495 e. The van der Waals surface area contributed by atoms with Gasteiger partial charge in [-0.1, -0.05) is 24.3 Å². The number of sulfonamides is 1. The summed E-state index contributed by atoms with van der Waals surface area (Å²) in [6.07, 6.45) is -5.08. The lowest BCUT2D eigenvalue weighted by Gasteiger charge is -2.38. The molecule has 226 valence electrons. The monoisotopic (exact) mass is 609 g/mol. The Morgan fingerprint density at radius 3 is 2.00 bits per heavy atom. The van der Waals surface area contributed by atoms with Crippen LogP contribution in [0, 0.1) is 13.8 Å². The fourth-order valence-electron chi connectivity index (χ4n) is 4.30. The number of aryl methyl sites for hydroxylation is 2. The quantitative estimate of drug-likeness (QED) is 0.346. The molecule has 1 aliphatic rings. The number of aliphatic carboxylic acids is 1. The smallest absolute Gasteiger partial charge is 0.490 e. The fourth-order valence-corrected chi connectivity index (χ4v) is 5.70. The van der Waals surface area contributed by atoms with E-state index in [0.717, 1.165) is 17.0 Å². The van der Waals surface area contributed by atoms with Crippen molar-refractivity contribution in [2.24, 2.45) is 0 Å². The number of hydrogen-bond donors (Lipinski definition) is 3. The second-order valence-electron chi connectivity index (χ2n) is 9.36. The first kappa shape index (κ1) is 32.1. The summed E-state index contributed by atoms with van der Waals surface area (Å²) in [5, 5.41) is 16.6. The van der Waals surface area contributed by atoms with Gasteiger partial charge >= 0.3 is 18.1 Å². The molecular weight excluding hydrogens is 579 g/mol. The SMILES string of the molecule is COc1ccccc1N1CCN(c2ccc(C(=O)O)cc2NS(=O)(=O)c2cc(C)ccc2C)CC1.O=C(O)C(F)(F)F. The van der Waals surface area contributed by atoms with E-state index in [1.54, 1.807) is 32.2 Å². The Hall–Kier alpha value is -4.46. The molecular formula is C28H30F3N3O7S. The predicted molar refractivity (Wildman–Crippen MR) is 151 cm³/mol. The number of benzene rings is 3. The maximum absolute atomic E-state index is 13.3. The number of alkyl halides is 3. The first-order valence-electron chi connectivity index (χ1n) is 12.5. The van der Waals surface area contributed by atoms with E-state index < -0.39 is 28.1 Å². The molecule has 10 nitrogen and oxygen atoms in total. The Bertz CT molecular complexity index is 1550. The highest BCUT2D eigenvalue weighted by molar-refractivity contribution is 7.92. The number of nitrogens with zero attached hydrogens (tertiary/aromatic N) is 2. The van der Waals surface area contributed by atoms with Gasteiger partial charge in [0.05, 0.1) is 34.6 Å². The molecule has 3 N–H and O–H groups in total. The van der Waals surface area contributed by atoms with Gasteiger partial charge in [-0.2, -0.15) is 13.2 Å². The van der Waals surface area contributed by atoms with Crippen molar-refractivity contribution in [3.63, 3.8) is 0 Å². The van der Waals surface area contributed by atoms with Crippen LogP contribution in [0.3, 0.4) is 0 Å². The standard InChI is InChI=1S/C26H29N3O5S.C2HF3O2/c1-18-8-9-19(2)25(16-18)35(32,33)27-21-17-20(26(30)31)10-11-22(21)28-12-14-29(15-13-28)23-6-4-5-7-24(23)34-3;3-2(4,5)1(6)7/h4-11,16-17,27H,12-15H2,1-3H3,(H,30,31);(H,6,7). The highest BCUT2D eigenvalue weighted by Gasteiger charge is 2.38. The van der Waals surface area contributed by atoms with Gasteiger partial charge in [0.1, 0.15) is 5.75 Å². The molecule has 42 heavy (non-hydrogen) atoms.